The first-order valence-corrected chi connectivity index (χ1v) is 34.5. The van der Waals surface area contributed by atoms with Crippen LogP contribution in [0, 0.1) is 23.7 Å². The van der Waals surface area contributed by atoms with E-state index in [1.54, 1.807) is 65.0 Å². The summed E-state index contributed by atoms with van der Waals surface area (Å²) in [6.45, 7) is 13.6. The van der Waals surface area contributed by atoms with Crippen molar-refractivity contribution in [1.29, 1.82) is 0 Å². The zero-order chi connectivity index (χ0) is 73.8. The molecule has 1 saturated heterocycles. The van der Waals surface area contributed by atoms with E-state index >= 15 is 14.4 Å². The third kappa shape index (κ3) is 26.1. The van der Waals surface area contributed by atoms with Gasteiger partial charge in [-0.25, -0.2) is 4.98 Å². The molecule has 33 nitrogen and oxygen atoms in total. The second-order valence-electron chi connectivity index (χ2n) is 25.8. The third-order valence-electron chi connectivity index (χ3n) is 17.1. The monoisotopic (exact) mass is 1410 g/mol. The number of thioether (sulfide) groups is 1. The SMILES string of the molecule is CC[C@H](C)[C@@H]1NC(=O)[C@@H](CCCN)NC(=O)[C@H](CCCCN)N(C(=O)[C@@H](NC(=O)[C@@H](CCC(=O)O)NC(=O)[C@H](CC(C)C)NC(=O)[C@@H]2CSC([C@H](N)C(C)C)=N2)[C@@H](C)CC)C(=O)[C@H](CC(N)=O)NC(=O)[C@@H](CC(=O)O)NC(=O)[C@H](Cc2cnc[nH]2)NC(=O)[C@@H](Cc2ccccc2)NC1=O. The number of hydrogen-bond acceptors (Lipinski definition) is 20. The van der Waals surface area contributed by atoms with E-state index in [-0.39, 0.29) is 87.7 Å². The molecule has 20 N–H and O–H groups in total. The van der Waals surface area contributed by atoms with Gasteiger partial charge in [-0.3, -0.25) is 77.0 Å². The van der Waals surface area contributed by atoms with Gasteiger partial charge in [0.2, 0.25) is 59.1 Å². The Balaban J connectivity index is 2.00. The molecule has 0 spiro atoms. The number of aromatic nitrogens is 2. The molecule has 34 heteroatoms. The first kappa shape index (κ1) is 82.5. The average Bonchev–Trinajstić information content (AvgIpc) is 0.995. The van der Waals surface area contributed by atoms with Crippen molar-refractivity contribution in [3.63, 3.8) is 0 Å². The smallest absolute Gasteiger partial charge is 0.305 e. The minimum Gasteiger partial charge on any atom is -0.481 e. The molecule has 2 aliphatic rings. The molecule has 0 bridgehead atoms. The number of aliphatic imine (C=N–C) groups is 1. The lowest BCUT2D eigenvalue weighted by Crippen LogP contribution is -2.66. The molecular weight excluding hydrogens is 1310 g/mol. The van der Waals surface area contributed by atoms with Crippen LogP contribution in [0.2, 0.25) is 0 Å². The number of carbonyl (C=O) groups is 14. The zero-order valence-electron chi connectivity index (χ0n) is 57.5. The fraction of sp³-hybridized carbons (Fsp3) is 0.631. The fourth-order valence-electron chi connectivity index (χ4n) is 10.9. The Morgan fingerprint density at radius 2 is 1.26 bits per heavy atom. The van der Waals surface area contributed by atoms with Crippen LogP contribution in [-0.4, -0.2) is 204 Å². The van der Waals surface area contributed by atoms with Gasteiger partial charge in [0.05, 0.1) is 30.3 Å². The summed E-state index contributed by atoms with van der Waals surface area (Å²) >= 11 is 1.30. The number of H-pyrrole nitrogens is 1. The second-order valence-corrected chi connectivity index (χ2v) is 26.9. The van der Waals surface area contributed by atoms with E-state index in [9.17, 15) is 63.0 Å². The largest absolute Gasteiger partial charge is 0.481 e. The summed E-state index contributed by atoms with van der Waals surface area (Å²) in [5.74, 6) is -18.7. The van der Waals surface area contributed by atoms with Crippen molar-refractivity contribution >= 4 is 99.6 Å². The van der Waals surface area contributed by atoms with Gasteiger partial charge >= 0.3 is 11.9 Å². The average molecular weight is 1410 g/mol. The number of carbonyl (C=O) groups excluding carboxylic acids is 12. The number of amides is 12. The number of carboxylic acids is 2. The normalized spacial score (nSPS) is 22.7. The highest BCUT2D eigenvalue weighted by atomic mass is 32.2. The van der Waals surface area contributed by atoms with Crippen LogP contribution in [0.3, 0.4) is 0 Å². The van der Waals surface area contributed by atoms with E-state index in [1.165, 1.54) is 31.2 Å². The first-order chi connectivity index (χ1) is 46.8. The maximum atomic E-state index is 16.0. The minimum atomic E-state index is -2.33. The van der Waals surface area contributed by atoms with Crippen molar-refractivity contribution in [3.8, 4) is 0 Å². The van der Waals surface area contributed by atoms with Gasteiger partial charge in [0.25, 0.3) is 11.8 Å². The number of nitrogens with one attached hydrogen (secondary N) is 10. The summed E-state index contributed by atoms with van der Waals surface area (Å²) < 4.78 is 0. The number of aliphatic carboxylic acids is 2. The predicted molar refractivity (Wildman–Crippen MR) is 364 cm³/mol. The lowest BCUT2D eigenvalue weighted by molar-refractivity contribution is -0.157. The maximum Gasteiger partial charge on any atom is 0.305 e. The van der Waals surface area contributed by atoms with Gasteiger partial charge < -0.3 is 86.0 Å². The summed E-state index contributed by atoms with van der Waals surface area (Å²) in [6.07, 6.45) is -2.11. The number of carboxylic acid groups (broad SMARTS) is 2. The quantitative estimate of drug-likeness (QED) is 0.0344. The molecule has 2 aliphatic heterocycles. The van der Waals surface area contributed by atoms with Crippen LogP contribution in [-0.2, 0) is 80.0 Å². The highest BCUT2D eigenvalue weighted by molar-refractivity contribution is 8.14. The molecule has 12 amide bonds. The highest BCUT2D eigenvalue weighted by Crippen LogP contribution is 2.25. The molecular formula is C65H101N17O16S. The summed E-state index contributed by atoms with van der Waals surface area (Å²) in [5.41, 5.74) is 24.8. The van der Waals surface area contributed by atoms with Crippen molar-refractivity contribution in [2.75, 3.05) is 18.8 Å². The molecule has 99 heavy (non-hydrogen) atoms. The Labute approximate surface area is 579 Å². The number of nitrogens with two attached hydrogens (primary N) is 4. The van der Waals surface area contributed by atoms with Crippen molar-refractivity contribution < 1.29 is 77.3 Å². The number of imidazole rings is 1. The predicted octanol–water partition coefficient (Wildman–Crippen LogP) is -1.99. The lowest BCUT2D eigenvalue weighted by Gasteiger charge is -2.37. The van der Waals surface area contributed by atoms with Crippen molar-refractivity contribution in [2.24, 2.45) is 51.6 Å². The zero-order valence-corrected chi connectivity index (χ0v) is 58.3. The summed E-state index contributed by atoms with van der Waals surface area (Å²) in [7, 11) is 0. The van der Waals surface area contributed by atoms with Crippen LogP contribution in [0.15, 0.2) is 47.8 Å². The van der Waals surface area contributed by atoms with Crippen LogP contribution >= 0.6 is 11.8 Å². The van der Waals surface area contributed by atoms with E-state index in [0.29, 0.717) is 15.5 Å². The maximum absolute atomic E-state index is 16.0. The Kier molecular flexibility index (Phi) is 34.1. The van der Waals surface area contributed by atoms with Crippen LogP contribution in [0.4, 0.5) is 0 Å². The van der Waals surface area contributed by atoms with Crippen molar-refractivity contribution in [3.05, 3.63) is 54.1 Å². The number of primary amides is 1. The van der Waals surface area contributed by atoms with E-state index in [2.05, 4.69) is 62.8 Å². The Morgan fingerprint density at radius 3 is 1.84 bits per heavy atom. The minimum absolute atomic E-state index is 0.00220. The number of imide groups is 1. The molecule has 3 heterocycles. The topological polar surface area (TPSA) is 536 Å². The molecule has 4 rings (SSSR count). The second kappa shape index (κ2) is 40.9. The summed E-state index contributed by atoms with van der Waals surface area (Å²) in [6, 6.07) is -10.9. The number of aromatic amines is 1. The van der Waals surface area contributed by atoms with Gasteiger partial charge in [0, 0.05) is 36.9 Å². The van der Waals surface area contributed by atoms with Crippen molar-refractivity contribution in [2.45, 2.75) is 218 Å². The van der Waals surface area contributed by atoms with Crippen LogP contribution in [0.5, 0.6) is 0 Å². The molecule has 0 saturated carbocycles. The molecule has 1 aromatic carbocycles. The van der Waals surface area contributed by atoms with Gasteiger partial charge in [-0.2, -0.15) is 0 Å². The van der Waals surface area contributed by atoms with Gasteiger partial charge in [0.15, 0.2) is 0 Å². The first-order valence-electron chi connectivity index (χ1n) is 33.5. The molecule has 0 aliphatic carbocycles. The van der Waals surface area contributed by atoms with Crippen LogP contribution in [0.1, 0.15) is 144 Å². The van der Waals surface area contributed by atoms with E-state index in [0.717, 1.165) is 0 Å². The highest BCUT2D eigenvalue weighted by Gasteiger charge is 2.46. The van der Waals surface area contributed by atoms with Crippen molar-refractivity contribution in [1.82, 2.24) is 62.7 Å². The third-order valence-corrected chi connectivity index (χ3v) is 18.2. The molecule has 1 fully saturated rings. The van der Waals surface area contributed by atoms with Gasteiger partial charge in [-0.15, -0.1) is 11.8 Å². The summed E-state index contributed by atoms with van der Waals surface area (Å²) in [4.78, 5) is 214. The number of hydrogen-bond donors (Lipinski definition) is 16. The number of unbranched alkanes of at least 4 members (excludes halogenated alkanes) is 1. The van der Waals surface area contributed by atoms with E-state index in [4.69, 9.17) is 22.9 Å². The van der Waals surface area contributed by atoms with Gasteiger partial charge in [0.1, 0.15) is 66.5 Å². The molecule has 1 aromatic heterocycles. The van der Waals surface area contributed by atoms with Gasteiger partial charge in [-0.05, 0) is 87.3 Å². The number of rotatable bonds is 33. The standard InChI is InChI=1S/C65H101N17O16S/c1-9-35(7)52-62(96)77-42(26-37-17-12-11-13-18-37)57(91)75-43(27-38-30-70-32-71-38)58(92)76-44(29-50(86)87)59(93)78-45(28-48(68)83)64(97)82(47(20-14-15-23-66)61(95)73-39(19-16-24-67)54(88)80-52)65(98)53(36(8)10-2)81-55(89)40(21-22-49(84)85)72-56(90)41(25-33(3)4)74-60(94)46-31-99-63(79-46)51(69)34(5)6/h11-13,17-18,30,32-36,39-47,51-53H,9-10,14-16,19-29,31,66-67,69H2,1-8H3,(H2,68,83)(H,70,71)(H,72,90)(H,73,95)(H,74,94)(H,75,91)(H,76,92)(H,77,96)(H,78,93)(H,80,88)(H,81,89)(H,84,85)(H,86,87)/t35-,36-,39+,40+,41-,42+,43-,44+,45-,46-,47-,51+,52-,53-/m0/s1. The molecule has 14 atom stereocenters. The van der Waals surface area contributed by atoms with Gasteiger partial charge in [-0.1, -0.05) is 98.6 Å². The Hall–Kier alpha value is -8.89. The molecule has 548 valence electrons. The number of nitrogens with zero attached hydrogens (tertiary/aromatic N) is 3. The fourth-order valence-corrected chi connectivity index (χ4v) is 12.1. The molecule has 2 aromatic rings. The molecule has 0 radical (unpaired) electrons. The Morgan fingerprint density at radius 1 is 0.667 bits per heavy atom. The number of benzene rings is 1. The van der Waals surface area contributed by atoms with Crippen LogP contribution in [0.25, 0.3) is 0 Å². The lowest BCUT2D eigenvalue weighted by atomic mass is 9.94. The Bertz CT molecular complexity index is 3160. The summed E-state index contributed by atoms with van der Waals surface area (Å²) in [5, 5.41) is 43.7. The van der Waals surface area contributed by atoms with E-state index in [1.807, 2.05) is 13.8 Å². The molecule has 0 unspecified atom stereocenters. The van der Waals surface area contributed by atoms with E-state index < -0.39 is 206 Å². The van der Waals surface area contributed by atoms with Crippen LogP contribution < -0.4 is 70.8 Å².